The second-order valence-electron chi connectivity index (χ2n) is 6.00. The van der Waals surface area contributed by atoms with Crippen molar-refractivity contribution in [3.8, 4) is 0 Å². The first-order valence-corrected chi connectivity index (χ1v) is 8.24. The molecule has 0 spiro atoms. The largest absolute Gasteiger partial charge is 0.300 e. The Morgan fingerprint density at radius 2 is 2.14 bits per heavy atom. The molecule has 1 fully saturated rings. The monoisotopic (exact) mass is 319 g/mol. The van der Waals surface area contributed by atoms with E-state index in [-0.39, 0.29) is 17.6 Å². The molecule has 0 unspecified atom stereocenters. The predicted molar refractivity (Wildman–Crippen MR) is 84.6 cm³/mol. The lowest BCUT2D eigenvalue weighted by atomic mass is 9.64. The number of aromatic nitrogens is 2. The first-order valence-electron chi connectivity index (χ1n) is 7.42. The number of carbonyl (C=O) groups excluding carboxylic acids is 1. The summed E-state index contributed by atoms with van der Waals surface area (Å²) >= 11 is 1.39. The van der Waals surface area contributed by atoms with Crippen molar-refractivity contribution in [3.63, 3.8) is 0 Å². The number of rotatable bonds is 4. The highest BCUT2D eigenvalue weighted by Crippen LogP contribution is 2.45. The summed E-state index contributed by atoms with van der Waals surface area (Å²) in [4.78, 5) is 12.7. The average Bonchev–Trinajstić information content (AvgIpc) is 2.86. The molecule has 1 amide bonds. The van der Waals surface area contributed by atoms with Crippen LogP contribution in [0.5, 0.6) is 0 Å². The van der Waals surface area contributed by atoms with Gasteiger partial charge in [-0.25, -0.2) is 4.39 Å². The Labute approximate surface area is 132 Å². The van der Waals surface area contributed by atoms with Crippen LogP contribution in [0.25, 0.3) is 0 Å². The fourth-order valence-electron chi connectivity index (χ4n) is 2.70. The molecule has 1 heterocycles. The van der Waals surface area contributed by atoms with Crippen LogP contribution in [-0.2, 0) is 10.2 Å². The van der Waals surface area contributed by atoms with E-state index >= 15 is 0 Å². The van der Waals surface area contributed by atoms with Crippen molar-refractivity contribution >= 4 is 22.4 Å². The first-order chi connectivity index (χ1) is 10.5. The van der Waals surface area contributed by atoms with Crippen LogP contribution >= 0.6 is 11.3 Å². The maximum atomic E-state index is 13.5. The number of anilines is 1. The minimum atomic E-state index is -0.633. The Kier molecular flexibility index (Phi) is 3.95. The fraction of sp³-hybridized carbons (Fsp3) is 0.438. The molecule has 1 aliphatic rings. The van der Waals surface area contributed by atoms with Crippen molar-refractivity contribution in [2.75, 3.05) is 5.32 Å². The molecule has 116 valence electrons. The van der Waals surface area contributed by atoms with E-state index in [1.54, 1.807) is 6.07 Å². The predicted octanol–water partition coefficient (Wildman–Crippen LogP) is 3.86. The van der Waals surface area contributed by atoms with Gasteiger partial charge in [-0.1, -0.05) is 43.7 Å². The Morgan fingerprint density at radius 3 is 2.68 bits per heavy atom. The van der Waals surface area contributed by atoms with Gasteiger partial charge in [0.25, 0.3) is 0 Å². The normalized spacial score (nSPS) is 16.4. The number of benzene rings is 1. The topological polar surface area (TPSA) is 54.9 Å². The lowest BCUT2D eigenvalue weighted by molar-refractivity contribution is -0.124. The molecule has 22 heavy (non-hydrogen) atoms. The highest BCUT2D eigenvalue weighted by atomic mass is 32.1. The summed E-state index contributed by atoms with van der Waals surface area (Å²) in [5.74, 6) is -0.144. The van der Waals surface area contributed by atoms with Gasteiger partial charge in [-0.15, -0.1) is 10.2 Å². The number of hydrogen-bond donors (Lipinski definition) is 1. The van der Waals surface area contributed by atoms with Gasteiger partial charge in [0.1, 0.15) is 10.8 Å². The Bertz CT molecular complexity index is 694. The Morgan fingerprint density at radius 1 is 1.36 bits per heavy atom. The lowest BCUT2D eigenvalue weighted by Crippen LogP contribution is -2.46. The average molecular weight is 319 g/mol. The van der Waals surface area contributed by atoms with Crippen LogP contribution in [0.2, 0.25) is 0 Å². The molecule has 1 N–H and O–H groups in total. The molecule has 1 saturated carbocycles. The minimum absolute atomic E-state index is 0.115. The zero-order chi connectivity index (χ0) is 15.7. The number of carbonyl (C=O) groups is 1. The molecule has 1 aromatic heterocycles. The van der Waals surface area contributed by atoms with Gasteiger partial charge in [0.2, 0.25) is 11.0 Å². The zero-order valence-corrected chi connectivity index (χ0v) is 13.4. The second-order valence-corrected chi connectivity index (χ2v) is 7.01. The molecule has 4 nitrogen and oxygen atoms in total. The Balaban J connectivity index is 1.82. The van der Waals surface area contributed by atoms with E-state index in [9.17, 15) is 9.18 Å². The standard InChI is InChI=1S/C16H18FN3OS/c1-10(2)13-19-20-15(22-13)18-14(21)16(7-4-8-16)11-5-3-6-12(17)9-11/h3,5-6,9-10H,4,7-8H2,1-2H3,(H,18,20,21). The van der Waals surface area contributed by atoms with Gasteiger partial charge < -0.3 is 0 Å². The second kappa shape index (κ2) is 5.76. The van der Waals surface area contributed by atoms with Crippen LogP contribution in [0.4, 0.5) is 9.52 Å². The van der Waals surface area contributed by atoms with Crippen molar-refractivity contribution in [2.45, 2.75) is 44.4 Å². The summed E-state index contributed by atoms with van der Waals surface area (Å²) in [5, 5.41) is 12.4. The quantitative estimate of drug-likeness (QED) is 0.931. The molecule has 0 aliphatic heterocycles. The van der Waals surface area contributed by atoms with E-state index < -0.39 is 5.41 Å². The van der Waals surface area contributed by atoms with Gasteiger partial charge in [0.05, 0.1) is 5.41 Å². The number of hydrogen-bond acceptors (Lipinski definition) is 4. The third kappa shape index (κ3) is 2.63. The van der Waals surface area contributed by atoms with Gasteiger partial charge in [0, 0.05) is 5.92 Å². The SMILES string of the molecule is CC(C)c1nnc(NC(=O)C2(c3cccc(F)c3)CCC2)s1. The fourth-order valence-corrected chi connectivity index (χ4v) is 3.44. The lowest BCUT2D eigenvalue weighted by Gasteiger charge is -2.40. The van der Waals surface area contributed by atoms with E-state index in [0.29, 0.717) is 5.13 Å². The van der Waals surface area contributed by atoms with Crippen LogP contribution in [0.3, 0.4) is 0 Å². The summed E-state index contributed by atoms with van der Waals surface area (Å²) in [6, 6.07) is 6.33. The summed E-state index contributed by atoms with van der Waals surface area (Å²) in [6.07, 6.45) is 2.44. The molecule has 3 rings (SSSR count). The van der Waals surface area contributed by atoms with Crippen LogP contribution < -0.4 is 5.32 Å². The number of amides is 1. The molecule has 0 radical (unpaired) electrons. The molecule has 2 aromatic rings. The third-order valence-corrected chi connectivity index (χ3v) is 5.31. The Hall–Kier alpha value is -1.82. The van der Waals surface area contributed by atoms with E-state index in [1.165, 1.54) is 23.5 Å². The van der Waals surface area contributed by atoms with Gasteiger partial charge >= 0.3 is 0 Å². The van der Waals surface area contributed by atoms with E-state index in [4.69, 9.17) is 0 Å². The van der Waals surface area contributed by atoms with E-state index in [2.05, 4.69) is 15.5 Å². The summed E-state index contributed by atoms with van der Waals surface area (Å²) < 4.78 is 13.5. The molecule has 0 saturated heterocycles. The summed E-state index contributed by atoms with van der Waals surface area (Å²) in [7, 11) is 0. The first kappa shape index (κ1) is 15.1. The molecule has 0 bridgehead atoms. The van der Waals surface area contributed by atoms with Crippen LogP contribution in [0.1, 0.15) is 49.6 Å². The van der Waals surface area contributed by atoms with Gasteiger partial charge in [0.15, 0.2) is 0 Å². The molecule has 1 aliphatic carbocycles. The van der Waals surface area contributed by atoms with Gasteiger partial charge in [-0.3, -0.25) is 10.1 Å². The third-order valence-electron chi connectivity index (χ3n) is 4.17. The number of nitrogens with zero attached hydrogens (tertiary/aromatic N) is 2. The molecular formula is C16H18FN3OS. The van der Waals surface area contributed by atoms with Gasteiger partial charge in [-0.05, 0) is 30.5 Å². The summed E-state index contributed by atoms with van der Waals surface area (Å²) in [5.41, 5.74) is 0.107. The number of halogens is 1. The van der Waals surface area contributed by atoms with Crippen molar-refractivity contribution in [3.05, 3.63) is 40.7 Å². The maximum absolute atomic E-state index is 13.5. The minimum Gasteiger partial charge on any atom is -0.300 e. The summed E-state index contributed by atoms with van der Waals surface area (Å²) in [6.45, 7) is 4.07. The number of nitrogens with one attached hydrogen (secondary N) is 1. The van der Waals surface area contributed by atoms with E-state index in [0.717, 1.165) is 29.8 Å². The van der Waals surface area contributed by atoms with Crippen molar-refractivity contribution in [1.82, 2.24) is 10.2 Å². The highest BCUT2D eigenvalue weighted by Gasteiger charge is 2.46. The smallest absolute Gasteiger partial charge is 0.236 e. The van der Waals surface area contributed by atoms with Crippen LogP contribution in [0, 0.1) is 5.82 Å². The molecule has 0 atom stereocenters. The van der Waals surface area contributed by atoms with E-state index in [1.807, 2.05) is 19.9 Å². The van der Waals surface area contributed by atoms with Crippen LogP contribution in [0.15, 0.2) is 24.3 Å². The van der Waals surface area contributed by atoms with Gasteiger partial charge in [-0.2, -0.15) is 0 Å². The van der Waals surface area contributed by atoms with Crippen molar-refractivity contribution < 1.29 is 9.18 Å². The highest BCUT2D eigenvalue weighted by molar-refractivity contribution is 7.15. The van der Waals surface area contributed by atoms with Crippen LogP contribution in [-0.4, -0.2) is 16.1 Å². The maximum Gasteiger partial charge on any atom is 0.236 e. The van der Waals surface area contributed by atoms with Crippen molar-refractivity contribution in [2.24, 2.45) is 0 Å². The molecule has 6 heteroatoms. The van der Waals surface area contributed by atoms with Crippen molar-refractivity contribution in [1.29, 1.82) is 0 Å². The molecule has 1 aromatic carbocycles. The molecular weight excluding hydrogens is 301 g/mol. The zero-order valence-electron chi connectivity index (χ0n) is 12.6.